The molecular formula is C24H39BN4O5S. The highest BCUT2D eigenvalue weighted by Gasteiger charge is 2.52. The molecule has 35 heavy (non-hydrogen) atoms. The number of carbonyl (C=O) groups excluding carboxylic acids is 2. The zero-order valence-corrected chi connectivity index (χ0v) is 23.2. The monoisotopic (exact) mass is 506 g/mol. The van der Waals surface area contributed by atoms with Crippen molar-refractivity contribution >= 4 is 36.3 Å². The van der Waals surface area contributed by atoms with Gasteiger partial charge in [-0.2, -0.15) is 0 Å². The Kier molecular flexibility index (Phi) is 8.13. The van der Waals surface area contributed by atoms with E-state index in [1.54, 1.807) is 49.8 Å². The van der Waals surface area contributed by atoms with E-state index in [2.05, 4.69) is 15.3 Å². The fourth-order valence-corrected chi connectivity index (χ4v) is 4.81. The summed E-state index contributed by atoms with van der Waals surface area (Å²) in [4.78, 5) is 36.2. The molecule has 2 atom stereocenters. The molecule has 194 valence electrons. The van der Waals surface area contributed by atoms with Crippen LogP contribution in [0.4, 0.5) is 4.79 Å². The lowest BCUT2D eigenvalue weighted by Crippen LogP contribution is -2.51. The molecule has 0 saturated carbocycles. The third-order valence-electron chi connectivity index (χ3n) is 6.51. The van der Waals surface area contributed by atoms with Gasteiger partial charge in [0.2, 0.25) is 5.91 Å². The van der Waals surface area contributed by atoms with Crippen LogP contribution in [0.5, 0.6) is 0 Å². The molecule has 11 heteroatoms. The van der Waals surface area contributed by atoms with Crippen LogP contribution in [0.1, 0.15) is 68.7 Å². The molecule has 0 unspecified atom stereocenters. The van der Waals surface area contributed by atoms with Gasteiger partial charge in [0.15, 0.2) is 5.16 Å². The van der Waals surface area contributed by atoms with Crippen molar-refractivity contribution in [3.8, 4) is 0 Å². The van der Waals surface area contributed by atoms with Gasteiger partial charge in [0, 0.05) is 36.2 Å². The van der Waals surface area contributed by atoms with Crippen molar-refractivity contribution in [2.24, 2.45) is 5.92 Å². The third kappa shape index (κ3) is 6.89. The van der Waals surface area contributed by atoms with Crippen LogP contribution in [0.25, 0.3) is 0 Å². The summed E-state index contributed by atoms with van der Waals surface area (Å²) in [5, 5.41) is 3.58. The lowest BCUT2D eigenvalue weighted by atomic mass is 9.81. The van der Waals surface area contributed by atoms with Gasteiger partial charge in [-0.25, -0.2) is 14.8 Å². The standard InChI is InChI=1S/C24H39BN4O5S/c1-15(2)18(28-21(31)32-22(3,4)5)19(30)29-11-10-17(14-29)35-20-26-12-16(13-27-20)25-33-23(6,7)24(8,9)34-25/h12-13,15,17-18H,10-11,14H2,1-9H3,(H,28,31)/t17-,18-/m0/s1. The number of nitrogens with one attached hydrogen (secondary N) is 1. The Balaban J connectivity index is 1.55. The molecule has 2 amide bonds. The zero-order chi connectivity index (χ0) is 26.2. The smallest absolute Gasteiger partial charge is 0.444 e. The molecule has 0 aliphatic carbocycles. The molecule has 1 aromatic rings. The van der Waals surface area contributed by atoms with Gasteiger partial charge in [-0.3, -0.25) is 4.79 Å². The second kappa shape index (κ2) is 10.3. The summed E-state index contributed by atoms with van der Waals surface area (Å²) in [7, 11) is -0.496. The maximum Gasteiger partial charge on any atom is 0.498 e. The molecule has 0 aromatic carbocycles. The first-order valence-electron chi connectivity index (χ1n) is 12.2. The van der Waals surface area contributed by atoms with Crippen molar-refractivity contribution in [3.63, 3.8) is 0 Å². The first kappa shape index (κ1) is 27.7. The number of ether oxygens (including phenoxy) is 1. The lowest BCUT2D eigenvalue weighted by Gasteiger charge is -2.32. The van der Waals surface area contributed by atoms with Gasteiger partial charge in [0.25, 0.3) is 0 Å². The van der Waals surface area contributed by atoms with Crippen LogP contribution in [0.15, 0.2) is 17.6 Å². The van der Waals surface area contributed by atoms with Crippen molar-refractivity contribution in [1.82, 2.24) is 20.2 Å². The number of alkyl carbamates (subject to hydrolysis) is 1. The first-order valence-corrected chi connectivity index (χ1v) is 13.1. The van der Waals surface area contributed by atoms with E-state index in [9.17, 15) is 9.59 Å². The van der Waals surface area contributed by atoms with E-state index in [-0.39, 0.29) is 17.1 Å². The average molecular weight is 506 g/mol. The average Bonchev–Trinajstić information content (AvgIpc) is 3.26. The predicted molar refractivity (Wildman–Crippen MR) is 137 cm³/mol. The molecule has 3 heterocycles. The van der Waals surface area contributed by atoms with E-state index in [0.717, 1.165) is 11.9 Å². The Morgan fingerprint density at radius 1 is 1.17 bits per heavy atom. The number of rotatable bonds is 6. The topological polar surface area (TPSA) is 103 Å². The summed E-state index contributed by atoms with van der Waals surface area (Å²) < 4.78 is 17.5. The van der Waals surface area contributed by atoms with Crippen LogP contribution < -0.4 is 10.8 Å². The van der Waals surface area contributed by atoms with Crippen molar-refractivity contribution in [1.29, 1.82) is 0 Å². The Bertz CT molecular complexity index is 903. The van der Waals surface area contributed by atoms with Crippen LogP contribution in [-0.4, -0.2) is 75.2 Å². The number of thioether (sulfide) groups is 1. The molecular weight excluding hydrogens is 467 g/mol. The number of aromatic nitrogens is 2. The van der Waals surface area contributed by atoms with Gasteiger partial charge in [0.1, 0.15) is 11.6 Å². The lowest BCUT2D eigenvalue weighted by molar-refractivity contribution is -0.133. The highest BCUT2D eigenvalue weighted by atomic mass is 32.2. The maximum atomic E-state index is 13.2. The van der Waals surface area contributed by atoms with Gasteiger partial charge < -0.3 is 24.3 Å². The van der Waals surface area contributed by atoms with E-state index in [1.165, 1.54) is 0 Å². The van der Waals surface area contributed by atoms with E-state index < -0.39 is 36.1 Å². The highest BCUT2D eigenvalue weighted by Crippen LogP contribution is 2.36. The Morgan fingerprint density at radius 2 is 1.74 bits per heavy atom. The van der Waals surface area contributed by atoms with Gasteiger partial charge in [-0.05, 0) is 60.8 Å². The number of hydrogen-bond donors (Lipinski definition) is 1. The van der Waals surface area contributed by atoms with Crippen LogP contribution in [0.3, 0.4) is 0 Å². The number of amides is 2. The SMILES string of the molecule is CC(C)[C@H](NC(=O)OC(C)(C)C)C(=O)N1CC[C@H](Sc2ncc(B3OC(C)(C)C(C)(C)O3)cn2)C1. The summed E-state index contributed by atoms with van der Waals surface area (Å²) in [5.74, 6) is -0.154. The van der Waals surface area contributed by atoms with Crippen molar-refractivity contribution in [2.45, 2.75) is 102 Å². The van der Waals surface area contributed by atoms with Crippen LogP contribution in [-0.2, 0) is 18.8 Å². The molecule has 9 nitrogen and oxygen atoms in total. The quantitative estimate of drug-likeness (QED) is 0.464. The van der Waals surface area contributed by atoms with E-state index in [0.29, 0.717) is 18.2 Å². The molecule has 3 rings (SSSR count). The number of likely N-dealkylation sites (tertiary alicyclic amines) is 1. The van der Waals surface area contributed by atoms with E-state index >= 15 is 0 Å². The summed E-state index contributed by atoms with van der Waals surface area (Å²) in [5.41, 5.74) is -0.680. The second-order valence-corrected chi connectivity index (χ2v) is 12.8. The minimum Gasteiger partial charge on any atom is -0.444 e. The molecule has 2 aliphatic rings. The molecule has 2 saturated heterocycles. The fraction of sp³-hybridized carbons (Fsp3) is 0.750. The van der Waals surface area contributed by atoms with E-state index in [1.807, 2.05) is 41.5 Å². The molecule has 0 spiro atoms. The molecule has 2 aliphatic heterocycles. The summed E-state index contributed by atoms with van der Waals surface area (Å²) >= 11 is 1.56. The first-order chi connectivity index (χ1) is 16.1. The minimum absolute atomic E-state index is 0.0624. The molecule has 0 radical (unpaired) electrons. The van der Waals surface area contributed by atoms with Gasteiger partial charge in [-0.1, -0.05) is 25.6 Å². The van der Waals surface area contributed by atoms with Crippen molar-refractivity contribution in [2.75, 3.05) is 13.1 Å². The van der Waals surface area contributed by atoms with Crippen LogP contribution in [0.2, 0.25) is 0 Å². The van der Waals surface area contributed by atoms with Crippen LogP contribution in [0, 0.1) is 5.92 Å². The minimum atomic E-state index is -0.635. The second-order valence-electron chi connectivity index (χ2n) is 11.6. The summed E-state index contributed by atoms with van der Waals surface area (Å²) in [6.07, 6.45) is 3.74. The normalized spacial score (nSPS) is 22.4. The number of nitrogens with zero attached hydrogens (tertiary/aromatic N) is 3. The Hall–Kier alpha value is -1.85. The van der Waals surface area contributed by atoms with Gasteiger partial charge >= 0.3 is 13.2 Å². The Morgan fingerprint density at radius 3 is 2.26 bits per heavy atom. The Labute approximate surface area is 213 Å². The summed E-state index contributed by atoms with van der Waals surface area (Å²) in [6.45, 7) is 18.5. The fourth-order valence-electron chi connectivity index (χ4n) is 3.81. The molecule has 0 bridgehead atoms. The van der Waals surface area contributed by atoms with Crippen LogP contribution >= 0.6 is 11.8 Å². The number of carbonyl (C=O) groups is 2. The molecule has 2 fully saturated rings. The van der Waals surface area contributed by atoms with Crippen molar-refractivity contribution < 1.29 is 23.6 Å². The summed E-state index contributed by atoms with van der Waals surface area (Å²) in [6, 6.07) is -0.635. The van der Waals surface area contributed by atoms with Gasteiger partial charge in [0.05, 0.1) is 11.2 Å². The number of hydrogen-bond acceptors (Lipinski definition) is 8. The molecule has 1 aromatic heterocycles. The maximum absolute atomic E-state index is 13.2. The van der Waals surface area contributed by atoms with Crippen molar-refractivity contribution in [3.05, 3.63) is 12.4 Å². The zero-order valence-electron chi connectivity index (χ0n) is 22.4. The van der Waals surface area contributed by atoms with Gasteiger partial charge in [-0.15, -0.1) is 0 Å². The molecule has 1 N–H and O–H groups in total. The third-order valence-corrected chi connectivity index (χ3v) is 7.65. The van der Waals surface area contributed by atoms with E-state index in [4.69, 9.17) is 14.0 Å². The predicted octanol–water partition coefficient (Wildman–Crippen LogP) is 3.02. The highest BCUT2D eigenvalue weighted by molar-refractivity contribution is 7.99. The largest absolute Gasteiger partial charge is 0.498 e.